The van der Waals surface area contributed by atoms with Crippen LogP contribution in [0.1, 0.15) is 19.3 Å². The standard InChI is InChI=1S/C21H29N3O4/c1-27-19-5-3-2-4-18(19)22-8-10-23(11-9-22)21(26)16-14-20(25)24(15-16)17-6-12-28-13-7-17/h2-5,16-17H,6-15H2,1H3. The fraction of sp³-hybridized carbons (Fsp3) is 0.619. The van der Waals surface area contributed by atoms with Gasteiger partial charge in [-0.15, -0.1) is 0 Å². The molecule has 1 aromatic rings. The van der Waals surface area contributed by atoms with Crippen LogP contribution in [0.5, 0.6) is 5.75 Å². The van der Waals surface area contributed by atoms with Gasteiger partial charge in [0.25, 0.3) is 0 Å². The van der Waals surface area contributed by atoms with Crippen LogP contribution in [0.3, 0.4) is 0 Å². The van der Waals surface area contributed by atoms with E-state index < -0.39 is 0 Å². The molecule has 152 valence electrons. The number of anilines is 1. The van der Waals surface area contributed by atoms with Gasteiger partial charge in [-0.2, -0.15) is 0 Å². The van der Waals surface area contributed by atoms with Crippen LogP contribution in [0.4, 0.5) is 5.69 Å². The number of carbonyl (C=O) groups is 2. The summed E-state index contributed by atoms with van der Waals surface area (Å²) in [7, 11) is 1.68. The molecule has 4 rings (SSSR count). The highest BCUT2D eigenvalue weighted by atomic mass is 16.5. The lowest BCUT2D eigenvalue weighted by atomic mass is 10.1. The van der Waals surface area contributed by atoms with Crippen molar-refractivity contribution in [2.24, 2.45) is 5.92 Å². The Labute approximate surface area is 166 Å². The van der Waals surface area contributed by atoms with E-state index in [2.05, 4.69) is 11.0 Å². The van der Waals surface area contributed by atoms with Crippen LogP contribution in [0, 0.1) is 5.92 Å². The van der Waals surface area contributed by atoms with Crippen molar-refractivity contribution >= 4 is 17.5 Å². The summed E-state index contributed by atoms with van der Waals surface area (Å²) < 4.78 is 10.9. The SMILES string of the molecule is COc1ccccc1N1CCN(C(=O)C2CC(=O)N(C3CCOCC3)C2)CC1. The molecule has 0 spiro atoms. The lowest BCUT2D eigenvalue weighted by molar-refractivity contribution is -0.136. The quantitative estimate of drug-likeness (QED) is 0.781. The summed E-state index contributed by atoms with van der Waals surface area (Å²) in [6, 6.07) is 8.22. The van der Waals surface area contributed by atoms with E-state index in [1.165, 1.54) is 0 Å². The molecule has 3 aliphatic heterocycles. The Morgan fingerprint density at radius 3 is 2.54 bits per heavy atom. The van der Waals surface area contributed by atoms with E-state index in [1.807, 2.05) is 28.0 Å². The Morgan fingerprint density at radius 1 is 1.11 bits per heavy atom. The van der Waals surface area contributed by atoms with E-state index in [0.717, 1.165) is 37.4 Å². The third-order valence-corrected chi connectivity index (χ3v) is 6.16. The van der Waals surface area contributed by atoms with Crippen LogP contribution in [-0.4, -0.2) is 80.7 Å². The molecular weight excluding hydrogens is 358 g/mol. The first-order chi connectivity index (χ1) is 13.7. The molecule has 3 heterocycles. The molecule has 0 bridgehead atoms. The minimum Gasteiger partial charge on any atom is -0.495 e. The van der Waals surface area contributed by atoms with Crippen LogP contribution >= 0.6 is 0 Å². The van der Waals surface area contributed by atoms with Gasteiger partial charge in [0.2, 0.25) is 11.8 Å². The first kappa shape index (κ1) is 19.1. The second-order valence-electron chi connectivity index (χ2n) is 7.77. The lowest BCUT2D eigenvalue weighted by Gasteiger charge is -2.37. The molecule has 1 aromatic carbocycles. The average Bonchev–Trinajstić information content (AvgIpc) is 3.15. The van der Waals surface area contributed by atoms with Crippen molar-refractivity contribution in [1.82, 2.24) is 9.80 Å². The summed E-state index contributed by atoms with van der Waals surface area (Å²) in [6.45, 7) is 4.88. The molecule has 0 aliphatic carbocycles. The van der Waals surface area contributed by atoms with Crippen molar-refractivity contribution in [2.45, 2.75) is 25.3 Å². The normalized spacial score (nSPS) is 24.0. The van der Waals surface area contributed by atoms with Crippen LogP contribution in [0.2, 0.25) is 0 Å². The molecule has 0 aromatic heterocycles. The maximum absolute atomic E-state index is 13.0. The molecule has 0 N–H and O–H groups in total. The van der Waals surface area contributed by atoms with Gasteiger partial charge in [-0.1, -0.05) is 12.1 Å². The first-order valence-electron chi connectivity index (χ1n) is 10.2. The smallest absolute Gasteiger partial charge is 0.228 e. The highest BCUT2D eigenvalue weighted by Gasteiger charge is 2.40. The fourth-order valence-electron chi connectivity index (χ4n) is 4.56. The van der Waals surface area contributed by atoms with Crippen molar-refractivity contribution in [3.63, 3.8) is 0 Å². The molecule has 28 heavy (non-hydrogen) atoms. The Kier molecular flexibility index (Phi) is 5.71. The first-order valence-corrected chi connectivity index (χ1v) is 10.2. The zero-order valence-corrected chi connectivity index (χ0v) is 16.5. The highest BCUT2D eigenvalue weighted by Crippen LogP contribution is 2.30. The third kappa shape index (κ3) is 3.81. The van der Waals surface area contributed by atoms with E-state index in [9.17, 15) is 9.59 Å². The molecule has 3 aliphatic rings. The average molecular weight is 387 g/mol. The van der Waals surface area contributed by atoms with E-state index in [4.69, 9.17) is 9.47 Å². The minimum atomic E-state index is -0.201. The maximum atomic E-state index is 13.0. The number of hydrogen-bond acceptors (Lipinski definition) is 5. The molecule has 1 unspecified atom stereocenters. The largest absolute Gasteiger partial charge is 0.495 e. The highest BCUT2D eigenvalue weighted by molar-refractivity contribution is 5.89. The van der Waals surface area contributed by atoms with Crippen LogP contribution in [-0.2, 0) is 14.3 Å². The van der Waals surface area contributed by atoms with Gasteiger partial charge in [0.05, 0.1) is 18.7 Å². The van der Waals surface area contributed by atoms with Gasteiger partial charge >= 0.3 is 0 Å². The van der Waals surface area contributed by atoms with E-state index in [-0.39, 0.29) is 23.8 Å². The molecule has 0 radical (unpaired) electrons. The van der Waals surface area contributed by atoms with Gasteiger partial charge in [0.1, 0.15) is 5.75 Å². The Bertz CT molecular complexity index is 711. The number of methoxy groups -OCH3 is 1. The summed E-state index contributed by atoms with van der Waals surface area (Å²) in [5, 5.41) is 0. The van der Waals surface area contributed by atoms with Crippen LogP contribution < -0.4 is 9.64 Å². The van der Waals surface area contributed by atoms with Crippen molar-refractivity contribution < 1.29 is 19.1 Å². The van der Waals surface area contributed by atoms with Gasteiger partial charge in [-0.05, 0) is 25.0 Å². The van der Waals surface area contributed by atoms with Crippen molar-refractivity contribution in [1.29, 1.82) is 0 Å². The minimum absolute atomic E-state index is 0.123. The molecular formula is C21H29N3O4. The van der Waals surface area contributed by atoms with E-state index >= 15 is 0 Å². The molecule has 1 atom stereocenters. The summed E-state index contributed by atoms with van der Waals surface area (Å²) in [5.41, 5.74) is 1.07. The number of carbonyl (C=O) groups excluding carboxylic acids is 2. The molecule has 3 saturated heterocycles. The number of para-hydroxylation sites is 2. The number of hydrogen-bond donors (Lipinski definition) is 0. The number of likely N-dealkylation sites (tertiary alicyclic amines) is 1. The topological polar surface area (TPSA) is 62.3 Å². The van der Waals surface area contributed by atoms with Gasteiger partial charge < -0.3 is 24.2 Å². The number of rotatable bonds is 4. The second-order valence-corrected chi connectivity index (χ2v) is 7.77. The summed E-state index contributed by atoms with van der Waals surface area (Å²) in [6.07, 6.45) is 2.11. The maximum Gasteiger partial charge on any atom is 0.228 e. The second kappa shape index (κ2) is 8.39. The van der Waals surface area contributed by atoms with Gasteiger partial charge in [0.15, 0.2) is 0 Å². The molecule has 3 fully saturated rings. The molecule has 0 saturated carbocycles. The van der Waals surface area contributed by atoms with E-state index in [0.29, 0.717) is 39.3 Å². The summed E-state index contributed by atoms with van der Waals surface area (Å²) >= 11 is 0. The monoisotopic (exact) mass is 387 g/mol. The lowest BCUT2D eigenvalue weighted by Crippen LogP contribution is -2.51. The summed E-state index contributed by atoms with van der Waals surface area (Å²) in [4.78, 5) is 31.6. The predicted octanol–water partition coefficient (Wildman–Crippen LogP) is 1.37. The number of benzene rings is 1. The number of piperazine rings is 1. The number of amides is 2. The zero-order chi connectivity index (χ0) is 19.5. The third-order valence-electron chi connectivity index (χ3n) is 6.16. The van der Waals surface area contributed by atoms with Crippen molar-refractivity contribution in [3.05, 3.63) is 24.3 Å². The number of nitrogens with zero attached hydrogens (tertiary/aromatic N) is 3. The molecule has 2 amide bonds. The van der Waals surface area contributed by atoms with Gasteiger partial charge in [0, 0.05) is 58.4 Å². The molecule has 7 nitrogen and oxygen atoms in total. The van der Waals surface area contributed by atoms with Crippen LogP contribution in [0.25, 0.3) is 0 Å². The Morgan fingerprint density at radius 2 is 1.82 bits per heavy atom. The Balaban J connectivity index is 1.33. The van der Waals surface area contributed by atoms with Crippen molar-refractivity contribution in [3.8, 4) is 5.75 Å². The fourth-order valence-corrected chi connectivity index (χ4v) is 4.56. The van der Waals surface area contributed by atoms with E-state index in [1.54, 1.807) is 7.11 Å². The summed E-state index contributed by atoms with van der Waals surface area (Å²) in [5.74, 6) is 0.907. The van der Waals surface area contributed by atoms with Crippen molar-refractivity contribution in [2.75, 3.05) is 57.9 Å². The van der Waals surface area contributed by atoms with Gasteiger partial charge in [-0.25, -0.2) is 0 Å². The molecule has 7 heteroatoms. The van der Waals surface area contributed by atoms with Crippen LogP contribution in [0.15, 0.2) is 24.3 Å². The Hall–Kier alpha value is -2.28. The predicted molar refractivity (Wildman–Crippen MR) is 105 cm³/mol. The zero-order valence-electron chi connectivity index (χ0n) is 16.5. The van der Waals surface area contributed by atoms with Gasteiger partial charge in [-0.3, -0.25) is 9.59 Å². The number of ether oxygens (including phenoxy) is 2.